The van der Waals surface area contributed by atoms with E-state index >= 15 is 0 Å². The average Bonchev–Trinajstić information content (AvgIpc) is 2.34. The molecule has 0 aliphatic rings. The second kappa shape index (κ2) is 7.53. The van der Waals surface area contributed by atoms with Gasteiger partial charge in [-0.05, 0) is 35.8 Å². The Hall–Kier alpha value is -0.780. The molecule has 1 unspecified atom stereocenters. The molecule has 0 N–H and O–H groups in total. The van der Waals surface area contributed by atoms with E-state index in [-0.39, 0.29) is 0 Å². The van der Waals surface area contributed by atoms with Crippen molar-refractivity contribution in [1.29, 1.82) is 0 Å². The lowest BCUT2D eigenvalue weighted by atomic mass is 9.84. The van der Waals surface area contributed by atoms with Crippen molar-refractivity contribution in [3.05, 3.63) is 42.3 Å². The Bertz CT molecular complexity index is 312. The number of unbranched alkanes of at least 4 members (excludes halogenated alkanes) is 1. The number of benzene rings is 1. The van der Waals surface area contributed by atoms with Crippen molar-refractivity contribution >= 4 is 0 Å². The van der Waals surface area contributed by atoms with Crippen LogP contribution in [0.2, 0.25) is 0 Å². The van der Waals surface area contributed by atoms with Crippen LogP contribution < -0.4 is 0 Å². The molecule has 0 bridgehead atoms. The molecule has 0 aromatic heterocycles. The molecule has 1 aromatic rings. The van der Waals surface area contributed by atoms with Crippen LogP contribution >= 0.6 is 0 Å². The summed E-state index contributed by atoms with van der Waals surface area (Å²) in [7, 11) is 0. The van der Waals surface area contributed by atoms with E-state index in [0.29, 0.717) is 11.8 Å². The van der Waals surface area contributed by atoms with Crippen molar-refractivity contribution in [2.75, 3.05) is 0 Å². The maximum Gasteiger partial charge on any atom is -0.0159 e. The van der Waals surface area contributed by atoms with Gasteiger partial charge in [-0.3, -0.25) is 0 Å². The predicted octanol–water partition coefficient (Wildman–Crippen LogP) is 5.70. The molecule has 0 aliphatic heterocycles. The lowest BCUT2D eigenvalue weighted by Crippen LogP contribution is -2.04. The van der Waals surface area contributed by atoms with Crippen LogP contribution in [0.15, 0.2) is 24.3 Å². The fourth-order valence-electron chi connectivity index (χ4n) is 2.56. The van der Waals surface area contributed by atoms with Crippen LogP contribution in [0.3, 0.4) is 0 Å². The van der Waals surface area contributed by atoms with Gasteiger partial charge in [-0.15, -0.1) is 0 Å². The summed E-state index contributed by atoms with van der Waals surface area (Å²) in [5.41, 5.74) is 3.10. The highest BCUT2D eigenvalue weighted by Gasteiger charge is 2.15. The molecule has 95 valence electrons. The Morgan fingerprint density at radius 2 is 1.71 bits per heavy atom. The van der Waals surface area contributed by atoms with Crippen molar-refractivity contribution < 1.29 is 0 Å². The summed E-state index contributed by atoms with van der Waals surface area (Å²) in [6.07, 6.45) is 6.20. The largest absolute Gasteiger partial charge is 0.0654 e. The zero-order chi connectivity index (χ0) is 12.7. The predicted molar refractivity (Wildman–Crippen MR) is 77.4 cm³/mol. The Balaban J connectivity index is 2.91. The molecule has 0 nitrogen and oxygen atoms in total. The van der Waals surface area contributed by atoms with Crippen LogP contribution in [0.1, 0.15) is 75.8 Å². The SMILES string of the molecule is [CH2]CCC(CCCC)c1ccccc1C(C)C. The van der Waals surface area contributed by atoms with Gasteiger partial charge < -0.3 is 0 Å². The highest BCUT2D eigenvalue weighted by molar-refractivity contribution is 5.32. The summed E-state index contributed by atoms with van der Waals surface area (Å²) in [4.78, 5) is 0. The highest BCUT2D eigenvalue weighted by Crippen LogP contribution is 2.32. The molecule has 1 rings (SSSR count). The van der Waals surface area contributed by atoms with Crippen molar-refractivity contribution in [3.63, 3.8) is 0 Å². The van der Waals surface area contributed by atoms with Gasteiger partial charge in [-0.2, -0.15) is 0 Å². The summed E-state index contributed by atoms with van der Waals surface area (Å²) < 4.78 is 0. The maximum absolute atomic E-state index is 4.03. The van der Waals surface area contributed by atoms with Gasteiger partial charge in [0.15, 0.2) is 0 Å². The monoisotopic (exact) mass is 231 g/mol. The van der Waals surface area contributed by atoms with Crippen LogP contribution in [0.25, 0.3) is 0 Å². The highest BCUT2D eigenvalue weighted by atomic mass is 14.2. The molecule has 1 atom stereocenters. The molecule has 0 aliphatic carbocycles. The fourth-order valence-corrected chi connectivity index (χ4v) is 2.56. The number of rotatable bonds is 7. The molecule has 0 saturated heterocycles. The molecule has 17 heavy (non-hydrogen) atoms. The van der Waals surface area contributed by atoms with Crippen molar-refractivity contribution in [3.8, 4) is 0 Å². The summed E-state index contributed by atoms with van der Waals surface area (Å²) in [5.74, 6) is 1.34. The Labute approximate surface area is 107 Å². The minimum atomic E-state index is 0.625. The van der Waals surface area contributed by atoms with E-state index in [9.17, 15) is 0 Å². The molecule has 0 spiro atoms. The van der Waals surface area contributed by atoms with Crippen LogP contribution in [0.4, 0.5) is 0 Å². The standard InChI is InChI=1S/C17H27/c1-5-7-11-15(10-6-2)17-13-9-8-12-16(17)14(3)4/h8-9,12-15H,2,5-7,10-11H2,1,3-4H3. The quantitative estimate of drug-likeness (QED) is 0.565. The van der Waals surface area contributed by atoms with Gasteiger partial charge in [0, 0.05) is 0 Å². The molecule has 0 fully saturated rings. The zero-order valence-corrected chi connectivity index (χ0v) is 11.7. The Morgan fingerprint density at radius 1 is 1.06 bits per heavy atom. The third-order valence-corrected chi connectivity index (χ3v) is 3.52. The van der Waals surface area contributed by atoms with Gasteiger partial charge in [0.25, 0.3) is 0 Å². The molecular weight excluding hydrogens is 204 g/mol. The normalized spacial score (nSPS) is 13.0. The molecule has 0 heterocycles. The maximum atomic E-state index is 4.03. The van der Waals surface area contributed by atoms with Crippen molar-refractivity contribution in [1.82, 2.24) is 0 Å². The van der Waals surface area contributed by atoms with E-state index in [0.717, 1.165) is 6.42 Å². The summed E-state index contributed by atoms with van der Waals surface area (Å²) >= 11 is 0. The van der Waals surface area contributed by atoms with E-state index in [1.54, 1.807) is 5.56 Å². The molecule has 0 saturated carbocycles. The summed E-state index contributed by atoms with van der Waals surface area (Å²) in [5, 5.41) is 0. The van der Waals surface area contributed by atoms with Gasteiger partial charge in [0.2, 0.25) is 0 Å². The van der Waals surface area contributed by atoms with Crippen LogP contribution in [-0.2, 0) is 0 Å². The molecule has 1 radical (unpaired) electrons. The Kier molecular flexibility index (Phi) is 6.32. The number of hydrogen-bond donors (Lipinski definition) is 0. The van der Waals surface area contributed by atoms with Gasteiger partial charge in [-0.25, -0.2) is 0 Å². The fraction of sp³-hybridized carbons (Fsp3) is 0.588. The first kappa shape index (κ1) is 14.3. The lowest BCUT2D eigenvalue weighted by Gasteiger charge is -2.21. The van der Waals surface area contributed by atoms with E-state index < -0.39 is 0 Å². The summed E-state index contributed by atoms with van der Waals surface area (Å²) in [6, 6.07) is 8.97. The molecular formula is C17H27. The first-order valence-electron chi connectivity index (χ1n) is 7.08. The van der Waals surface area contributed by atoms with E-state index in [1.165, 1.54) is 31.2 Å². The van der Waals surface area contributed by atoms with Crippen molar-refractivity contribution in [2.45, 2.75) is 64.7 Å². The molecule has 1 aromatic carbocycles. The van der Waals surface area contributed by atoms with Crippen LogP contribution in [0, 0.1) is 6.92 Å². The van der Waals surface area contributed by atoms with Crippen LogP contribution in [-0.4, -0.2) is 0 Å². The minimum Gasteiger partial charge on any atom is -0.0654 e. The van der Waals surface area contributed by atoms with E-state index in [1.807, 2.05) is 0 Å². The Morgan fingerprint density at radius 3 is 2.24 bits per heavy atom. The zero-order valence-electron chi connectivity index (χ0n) is 11.7. The van der Waals surface area contributed by atoms with Gasteiger partial charge in [0.1, 0.15) is 0 Å². The molecule has 0 amide bonds. The number of hydrogen-bond acceptors (Lipinski definition) is 0. The first-order valence-corrected chi connectivity index (χ1v) is 7.08. The first-order chi connectivity index (χ1) is 8.20. The van der Waals surface area contributed by atoms with Crippen LogP contribution in [0.5, 0.6) is 0 Å². The smallest absolute Gasteiger partial charge is 0.0159 e. The van der Waals surface area contributed by atoms with Gasteiger partial charge in [-0.1, -0.05) is 71.2 Å². The average molecular weight is 231 g/mol. The minimum absolute atomic E-state index is 0.625. The topological polar surface area (TPSA) is 0 Å². The lowest BCUT2D eigenvalue weighted by molar-refractivity contribution is 0.545. The third kappa shape index (κ3) is 4.18. The van der Waals surface area contributed by atoms with E-state index in [4.69, 9.17) is 0 Å². The second-order valence-corrected chi connectivity index (χ2v) is 5.26. The summed E-state index contributed by atoms with van der Waals surface area (Å²) in [6.45, 7) is 10.9. The van der Waals surface area contributed by atoms with E-state index in [2.05, 4.69) is 52.0 Å². The molecule has 0 heteroatoms. The third-order valence-electron chi connectivity index (χ3n) is 3.52. The van der Waals surface area contributed by atoms with Gasteiger partial charge in [0.05, 0.1) is 0 Å². The van der Waals surface area contributed by atoms with Crippen molar-refractivity contribution in [2.24, 2.45) is 0 Å². The second-order valence-electron chi connectivity index (χ2n) is 5.26. The van der Waals surface area contributed by atoms with Gasteiger partial charge >= 0.3 is 0 Å².